The van der Waals surface area contributed by atoms with Crippen LogP contribution in [0.15, 0.2) is 40.5 Å². The van der Waals surface area contributed by atoms with Crippen LogP contribution in [-0.4, -0.2) is 4.98 Å². The Labute approximate surface area is 119 Å². The molecule has 0 amide bonds. The molecular weight excluding hydrogens is 276 g/mol. The van der Waals surface area contributed by atoms with Crippen molar-refractivity contribution in [2.24, 2.45) is 0 Å². The number of nitrogens with zero attached hydrogens (tertiary/aromatic N) is 1. The fourth-order valence-corrected chi connectivity index (χ4v) is 3.82. The van der Waals surface area contributed by atoms with Crippen LogP contribution >= 0.6 is 22.7 Å². The Kier molecular flexibility index (Phi) is 3.77. The number of furan rings is 1. The number of nitrogens with one attached hydrogen (secondary N) is 1. The van der Waals surface area contributed by atoms with Gasteiger partial charge >= 0.3 is 0 Å². The predicted octanol–water partition coefficient (Wildman–Crippen LogP) is 4.06. The molecule has 3 heterocycles. The van der Waals surface area contributed by atoms with E-state index in [1.807, 2.05) is 18.3 Å². The molecular formula is C14H14N2OS2. The van der Waals surface area contributed by atoms with E-state index >= 15 is 0 Å². The number of thiophene rings is 1. The lowest BCUT2D eigenvalue weighted by molar-refractivity contribution is 0.483. The number of aryl methyl sites for hydroxylation is 1. The molecule has 1 N–H and O–H groups in total. The van der Waals surface area contributed by atoms with Gasteiger partial charge in [0.05, 0.1) is 17.7 Å². The van der Waals surface area contributed by atoms with Crippen molar-refractivity contribution in [3.8, 4) is 9.75 Å². The van der Waals surface area contributed by atoms with E-state index in [0.29, 0.717) is 0 Å². The summed E-state index contributed by atoms with van der Waals surface area (Å²) in [5.74, 6) is 0.950. The second-order valence-corrected chi connectivity index (χ2v) is 6.27. The Morgan fingerprint density at radius 3 is 3.00 bits per heavy atom. The number of hydrogen-bond donors (Lipinski definition) is 1. The molecule has 0 bridgehead atoms. The first kappa shape index (κ1) is 12.6. The Bertz CT molecular complexity index is 640. The monoisotopic (exact) mass is 290 g/mol. The number of rotatable bonds is 5. The summed E-state index contributed by atoms with van der Waals surface area (Å²) in [5.41, 5.74) is 1.32. The van der Waals surface area contributed by atoms with E-state index in [0.717, 1.165) is 23.9 Å². The van der Waals surface area contributed by atoms with Crippen LogP contribution in [0.5, 0.6) is 0 Å². The van der Waals surface area contributed by atoms with Gasteiger partial charge in [-0.3, -0.25) is 0 Å². The molecule has 0 aliphatic heterocycles. The van der Waals surface area contributed by atoms with Crippen LogP contribution in [0.2, 0.25) is 0 Å². The zero-order chi connectivity index (χ0) is 13.1. The SMILES string of the molecule is Cc1ccsc1-c1cnc(CNCc2ccco2)s1. The quantitative estimate of drug-likeness (QED) is 0.770. The molecule has 0 spiro atoms. The Hall–Kier alpha value is -1.43. The minimum Gasteiger partial charge on any atom is -0.468 e. The molecule has 0 fully saturated rings. The second-order valence-electron chi connectivity index (χ2n) is 4.23. The molecule has 3 aromatic heterocycles. The molecule has 0 atom stereocenters. The molecule has 0 aliphatic rings. The average molecular weight is 290 g/mol. The third-order valence-electron chi connectivity index (χ3n) is 2.80. The summed E-state index contributed by atoms with van der Waals surface area (Å²) in [5, 5.41) is 6.56. The van der Waals surface area contributed by atoms with Crippen molar-refractivity contribution in [3.05, 3.63) is 52.4 Å². The van der Waals surface area contributed by atoms with Gasteiger partial charge in [-0.25, -0.2) is 4.98 Å². The smallest absolute Gasteiger partial charge is 0.117 e. The lowest BCUT2D eigenvalue weighted by Crippen LogP contribution is -2.11. The minimum absolute atomic E-state index is 0.736. The van der Waals surface area contributed by atoms with Crippen molar-refractivity contribution in [1.29, 1.82) is 0 Å². The van der Waals surface area contributed by atoms with E-state index in [4.69, 9.17) is 4.42 Å². The Balaban J connectivity index is 1.61. The third kappa shape index (κ3) is 2.94. The lowest BCUT2D eigenvalue weighted by Gasteiger charge is -1.98. The lowest BCUT2D eigenvalue weighted by atomic mass is 10.3. The van der Waals surface area contributed by atoms with Crippen molar-refractivity contribution in [2.45, 2.75) is 20.0 Å². The Morgan fingerprint density at radius 2 is 2.26 bits per heavy atom. The van der Waals surface area contributed by atoms with E-state index in [1.165, 1.54) is 15.3 Å². The summed E-state index contributed by atoms with van der Waals surface area (Å²) in [6, 6.07) is 6.02. The molecule has 0 radical (unpaired) electrons. The summed E-state index contributed by atoms with van der Waals surface area (Å²) in [4.78, 5) is 7.04. The maximum absolute atomic E-state index is 5.27. The van der Waals surface area contributed by atoms with Crippen LogP contribution < -0.4 is 5.32 Å². The van der Waals surface area contributed by atoms with E-state index in [1.54, 1.807) is 28.9 Å². The molecule has 0 aromatic carbocycles. The van der Waals surface area contributed by atoms with Crippen LogP contribution in [0.3, 0.4) is 0 Å². The van der Waals surface area contributed by atoms with Gasteiger partial charge in [-0.15, -0.1) is 22.7 Å². The van der Waals surface area contributed by atoms with Gasteiger partial charge in [0.25, 0.3) is 0 Å². The maximum Gasteiger partial charge on any atom is 0.117 e. The summed E-state index contributed by atoms with van der Waals surface area (Å²) in [6.07, 6.45) is 3.66. The second kappa shape index (κ2) is 5.69. The molecule has 98 valence electrons. The first-order chi connectivity index (χ1) is 9.33. The van der Waals surface area contributed by atoms with Crippen LogP contribution in [0.1, 0.15) is 16.3 Å². The van der Waals surface area contributed by atoms with Gasteiger partial charge < -0.3 is 9.73 Å². The van der Waals surface area contributed by atoms with Gasteiger partial charge in [0, 0.05) is 17.6 Å². The summed E-state index contributed by atoms with van der Waals surface area (Å²) in [7, 11) is 0. The van der Waals surface area contributed by atoms with E-state index in [2.05, 4.69) is 28.7 Å². The largest absolute Gasteiger partial charge is 0.468 e. The minimum atomic E-state index is 0.736. The Morgan fingerprint density at radius 1 is 1.32 bits per heavy atom. The van der Waals surface area contributed by atoms with Crippen molar-refractivity contribution in [1.82, 2.24) is 10.3 Å². The van der Waals surface area contributed by atoms with Gasteiger partial charge in [0.1, 0.15) is 10.8 Å². The van der Waals surface area contributed by atoms with Gasteiger partial charge in [-0.2, -0.15) is 0 Å². The zero-order valence-corrected chi connectivity index (χ0v) is 12.2. The molecule has 0 saturated carbocycles. The van der Waals surface area contributed by atoms with Gasteiger partial charge in [-0.05, 0) is 36.1 Å². The summed E-state index contributed by atoms with van der Waals surface area (Å²) in [6.45, 7) is 3.65. The highest BCUT2D eigenvalue weighted by Crippen LogP contribution is 2.33. The fourth-order valence-electron chi connectivity index (χ4n) is 1.83. The standard InChI is InChI=1S/C14H14N2OS2/c1-10-4-6-18-14(10)12-8-16-13(19-12)9-15-7-11-3-2-5-17-11/h2-6,8,15H,7,9H2,1H3. The molecule has 0 saturated heterocycles. The molecule has 19 heavy (non-hydrogen) atoms. The molecule has 3 nitrogen and oxygen atoms in total. The van der Waals surface area contributed by atoms with Gasteiger partial charge in [0.2, 0.25) is 0 Å². The van der Waals surface area contributed by atoms with Crippen molar-refractivity contribution in [3.63, 3.8) is 0 Å². The van der Waals surface area contributed by atoms with E-state index in [9.17, 15) is 0 Å². The van der Waals surface area contributed by atoms with Crippen LogP contribution in [0.4, 0.5) is 0 Å². The molecule has 5 heteroatoms. The maximum atomic E-state index is 5.27. The predicted molar refractivity (Wildman–Crippen MR) is 79.4 cm³/mol. The van der Waals surface area contributed by atoms with Crippen LogP contribution in [0, 0.1) is 6.92 Å². The highest BCUT2D eigenvalue weighted by atomic mass is 32.1. The van der Waals surface area contributed by atoms with Crippen molar-refractivity contribution < 1.29 is 4.42 Å². The number of thiazole rings is 1. The topological polar surface area (TPSA) is 38.1 Å². The van der Waals surface area contributed by atoms with Crippen LogP contribution in [-0.2, 0) is 13.1 Å². The first-order valence-corrected chi connectivity index (χ1v) is 7.75. The van der Waals surface area contributed by atoms with E-state index in [-0.39, 0.29) is 0 Å². The zero-order valence-electron chi connectivity index (χ0n) is 10.6. The normalized spacial score (nSPS) is 11.0. The number of aromatic nitrogens is 1. The van der Waals surface area contributed by atoms with Gasteiger partial charge in [0.15, 0.2) is 0 Å². The summed E-state index contributed by atoms with van der Waals surface area (Å²) >= 11 is 3.52. The van der Waals surface area contributed by atoms with Crippen molar-refractivity contribution >= 4 is 22.7 Å². The highest BCUT2D eigenvalue weighted by Gasteiger charge is 2.08. The number of hydrogen-bond acceptors (Lipinski definition) is 5. The average Bonchev–Trinajstić information content (AvgIpc) is 3.10. The highest BCUT2D eigenvalue weighted by molar-refractivity contribution is 7.21. The fraction of sp³-hybridized carbons (Fsp3) is 0.214. The summed E-state index contributed by atoms with van der Waals surface area (Å²) < 4.78 is 5.27. The molecule has 3 aromatic rings. The van der Waals surface area contributed by atoms with Crippen LogP contribution in [0.25, 0.3) is 9.75 Å². The first-order valence-electron chi connectivity index (χ1n) is 6.05. The molecule has 0 unspecified atom stereocenters. The van der Waals surface area contributed by atoms with Crippen molar-refractivity contribution in [2.75, 3.05) is 0 Å². The molecule has 0 aliphatic carbocycles. The van der Waals surface area contributed by atoms with E-state index < -0.39 is 0 Å². The van der Waals surface area contributed by atoms with Gasteiger partial charge in [-0.1, -0.05) is 0 Å². The third-order valence-corrected chi connectivity index (χ3v) is 4.99. The molecule has 3 rings (SSSR count).